The molecule has 7 heteroatoms. The highest BCUT2D eigenvalue weighted by molar-refractivity contribution is 6.51. The largest absolute Gasteiger partial charge is 0.339 e. The molecule has 0 fully saturated rings. The minimum absolute atomic E-state index is 0.449. The van der Waals surface area contributed by atoms with E-state index >= 15 is 0 Å². The van der Waals surface area contributed by atoms with Crippen LogP contribution < -0.4 is 10.6 Å². The number of anilines is 3. The van der Waals surface area contributed by atoms with Crippen molar-refractivity contribution in [2.75, 3.05) is 10.6 Å². The third-order valence-corrected chi connectivity index (χ3v) is 5.70. The van der Waals surface area contributed by atoms with Crippen LogP contribution >= 0.6 is 0 Å². The number of imidazole rings is 1. The van der Waals surface area contributed by atoms with E-state index < -0.39 is 0 Å². The maximum Gasteiger partial charge on any atom is 0.200 e. The van der Waals surface area contributed by atoms with Crippen molar-refractivity contribution in [3.05, 3.63) is 127 Å². The Balaban J connectivity index is 1.43. The number of benzene rings is 4. The third-order valence-electron chi connectivity index (χ3n) is 5.70. The highest BCUT2D eigenvalue weighted by Crippen LogP contribution is 2.30. The predicted molar refractivity (Wildman–Crippen MR) is 151 cm³/mol. The van der Waals surface area contributed by atoms with Crippen LogP contribution in [-0.4, -0.2) is 27.5 Å². The molecule has 37 heavy (non-hydrogen) atoms. The van der Waals surface area contributed by atoms with E-state index in [1.54, 1.807) is 0 Å². The Morgan fingerprint density at radius 3 is 1.73 bits per heavy atom. The SMILES string of the molecule is c1ccc([15NH]C2=NC(c3ccccc3)=N/C2=N\c2nc(-c3ccccc3)[nH]c2[15NH]c2ccccc2)cc1. The summed E-state index contributed by atoms with van der Waals surface area (Å²) in [5, 5.41) is 6.78. The number of para-hydroxylation sites is 2. The number of aromatic amines is 1. The van der Waals surface area contributed by atoms with Crippen molar-refractivity contribution in [1.29, 1.82) is 0 Å². The molecule has 6 rings (SSSR count). The van der Waals surface area contributed by atoms with E-state index in [-0.39, 0.29) is 0 Å². The first-order chi connectivity index (χ1) is 18.3. The minimum atomic E-state index is 0.449. The summed E-state index contributed by atoms with van der Waals surface area (Å²) in [6.07, 6.45) is 0. The van der Waals surface area contributed by atoms with E-state index in [4.69, 9.17) is 20.0 Å². The monoisotopic (exact) mass is 483 g/mol. The minimum Gasteiger partial charge on any atom is -0.339 e. The number of hydrogen-bond donors (Lipinski definition) is 3. The number of nitrogens with one attached hydrogen (secondary N) is 3. The number of rotatable bonds is 6. The fraction of sp³-hybridized carbons (Fsp3) is 0. The summed E-state index contributed by atoms with van der Waals surface area (Å²) in [7, 11) is 0. The zero-order chi connectivity index (χ0) is 24.9. The second-order valence-electron chi connectivity index (χ2n) is 8.33. The summed E-state index contributed by atoms with van der Waals surface area (Å²) in [5.74, 6) is 3.45. The first-order valence-electron chi connectivity index (χ1n) is 11.9. The summed E-state index contributed by atoms with van der Waals surface area (Å²) < 4.78 is 0. The normalized spacial score (nSPS) is 13.8. The second kappa shape index (κ2) is 10.1. The summed E-state index contributed by atoms with van der Waals surface area (Å²) in [5.41, 5.74) is 3.69. The van der Waals surface area contributed by atoms with Crippen molar-refractivity contribution < 1.29 is 0 Å². The Morgan fingerprint density at radius 2 is 1.11 bits per heavy atom. The first kappa shape index (κ1) is 22.2. The molecule has 0 unspecified atom stereocenters. The zero-order valence-electron chi connectivity index (χ0n) is 19.8. The van der Waals surface area contributed by atoms with Gasteiger partial charge < -0.3 is 15.6 Å². The van der Waals surface area contributed by atoms with Gasteiger partial charge in [0.15, 0.2) is 29.1 Å². The number of H-pyrrole nitrogens is 1. The lowest BCUT2D eigenvalue weighted by molar-refractivity contribution is 1.29. The van der Waals surface area contributed by atoms with Crippen LogP contribution in [0.3, 0.4) is 0 Å². The van der Waals surface area contributed by atoms with Gasteiger partial charge in [0.05, 0.1) is 0 Å². The van der Waals surface area contributed by atoms with Gasteiger partial charge in [0.2, 0.25) is 0 Å². The van der Waals surface area contributed by atoms with Crippen LogP contribution in [0.1, 0.15) is 5.56 Å². The maximum atomic E-state index is 4.88. The van der Waals surface area contributed by atoms with Crippen LogP contribution in [0.5, 0.6) is 0 Å². The van der Waals surface area contributed by atoms with E-state index in [1.807, 2.05) is 121 Å². The molecule has 0 amide bonds. The van der Waals surface area contributed by atoms with Gasteiger partial charge in [-0.1, -0.05) is 97.1 Å². The molecule has 0 bridgehead atoms. The molecule has 1 aliphatic heterocycles. The van der Waals surface area contributed by atoms with Crippen molar-refractivity contribution in [3.63, 3.8) is 0 Å². The van der Waals surface area contributed by atoms with Crippen LogP contribution in [-0.2, 0) is 0 Å². The Labute approximate surface area is 214 Å². The molecule has 2 heterocycles. The highest BCUT2D eigenvalue weighted by atomic mass is 15.7. The predicted octanol–water partition coefficient (Wildman–Crippen LogP) is 6.82. The van der Waals surface area contributed by atoms with Gasteiger partial charge in [-0.05, 0) is 24.3 Å². The van der Waals surface area contributed by atoms with Gasteiger partial charge in [0.1, 0.15) is 5.82 Å². The Kier molecular flexibility index (Phi) is 6.07. The Morgan fingerprint density at radius 1 is 0.568 bits per heavy atom. The van der Waals surface area contributed by atoms with E-state index in [0.717, 1.165) is 22.5 Å². The van der Waals surface area contributed by atoms with Crippen LogP contribution in [0.25, 0.3) is 11.4 Å². The average molecular weight is 484 g/mol. The topological polar surface area (TPSA) is 89.8 Å². The zero-order valence-corrected chi connectivity index (χ0v) is 19.8. The lowest BCUT2D eigenvalue weighted by Crippen LogP contribution is -2.18. The van der Waals surface area contributed by atoms with Crippen LogP contribution in [0, 0.1) is 0 Å². The smallest absolute Gasteiger partial charge is 0.200 e. The van der Waals surface area contributed by atoms with Gasteiger partial charge in [-0.25, -0.2) is 20.0 Å². The van der Waals surface area contributed by atoms with E-state index in [0.29, 0.717) is 35.0 Å². The molecule has 1 aliphatic rings. The standard InChI is InChI=1S/C30H23N7/c1-5-13-21(14-6-1)25-33-27(31-23-17-9-3-10-18-23)29(35-25)37-30-28(32-24-19-11-4-12-20-24)34-26(36-30)22-15-7-2-8-16-22/h1-20,31H,(H,33,35)(H,32,34,36,37)/i31+1,32+1. The molecular weight excluding hydrogens is 460 g/mol. The van der Waals surface area contributed by atoms with Gasteiger partial charge in [0.25, 0.3) is 0 Å². The molecule has 5 aromatic rings. The molecule has 1 aromatic heterocycles. The number of amidine groups is 3. The fourth-order valence-electron chi connectivity index (χ4n) is 3.90. The van der Waals surface area contributed by atoms with Crippen LogP contribution in [0.2, 0.25) is 0 Å². The van der Waals surface area contributed by atoms with Gasteiger partial charge in [-0.15, -0.1) is 0 Å². The van der Waals surface area contributed by atoms with Gasteiger partial charge in [-0.2, -0.15) is 0 Å². The average Bonchev–Trinajstić information content (AvgIpc) is 3.55. The maximum absolute atomic E-state index is 4.88. The van der Waals surface area contributed by atoms with Crippen molar-refractivity contribution in [2.24, 2.45) is 15.0 Å². The molecule has 7 nitrogen and oxygen atoms in total. The highest BCUT2D eigenvalue weighted by Gasteiger charge is 2.22. The molecular formula is C30H23N7. The molecule has 3 N–H and O–H groups in total. The molecule has 0 aliphatic carbocycles. The quantitative estimate of drug-likeness (QED) is 0.232. The summed E-state index contributed by atoms with van der Waals surface area (Å²) in [6.45, 7) is 0. The van der Waals surface area contributed by atoms with Crippen molar-refractivity contribution in [2.45, 2.75) is 0 Å². The van der Waals surface area contributed by atoms with Crippen molar-refractivity contribution in [1.82, 2.24) is 9.97 Å². The first-order valence-corrected chi connectivity index (χ1v) is 11.9. The van der Waals surface area contributed by atoms with Gasteiger partial charge >= 0.3 is 0 Å². The molecule has 0 radical (unpaired) electrons. The molecule has 0 saturated heterocycles. The van der Waals surface area contributed by atoms with Crippen LogP contribution in [0.15, 0.2) is 136 Å². The molecule has 0 atom stereocenters. The third kappa shape index (κ3) is 5.06. The molecule has 0 saturated carbocycles. The number of aliphatic imine (C=N–C) groups is 3. The summed E-state index contributed by atoms with van der Waals surface area (Å²) in [4.78, 5) is 22.7. The van der Waals surface area contributed by atoms with Crippen molar-refractivity contribution in [3.8, 4) is 11.4 Å². The van der Waals surface area contributed by atoms with E-state index in [1.165, 1.54) is 0 Å². The molecule has 4 aromatic carbocycles. The van der Waals surface area contributed by atoms with Gasteiger partial charge in [-0.3, -0.25) is 0 Å². The van der Waals surface area contributed by atoms with Gasteiger partial charge in [0, 0.05) is 22.5 Å². The number of aromatic nitrogens is 2. The Bertz CT molecular complexity index is 1590. The Hall–Kier alpha value is -5.30. The van der Waals surface area contributed by atoms with E-state index in [2.05, 4.69) is 15.6 Å². The molecule has 178 valence electrons. The fourth-order valence-corrected chi connectivity index (χ4v) is 3.90. The number of hydrogen-bond acceptors (Lipinski definition) is 5. The lowest BCUT2D eigenvalue weighted by atomic mass is 10.2. The molecule has 0 spiro atoms. The summed E-state index contributed by atoms with van der Waals surface area (Å²) in [6, 6.07) is 39.6. The summed E-state index contributed by atoms with van der Waals surface area (Å²) >= 11 is 0. The van der Waals surface area contributed by atoms with Crippen LogP contribution in [0.4, 0.5) is 23.0 Å². The second-order valence-corrected chi connectivity index (χ2v) is 8.33. The van der Waals surface area contributed by atoms with Crippen molar-refractivity contribution >= 4 is 40.5 Å². The van der Waals surface area contributed by atoms with E-state index in [9.17, 15) is 0 Å². The number of nitrogens with zero attached hydrogens (tertiary/aromatic N) is 4. The lowest BCUT2D eigenvalue weighted by Gasteiger charge is -2.06.